The molecule has 0 unspecified atom stereocenters. The molecule has 2 rings (SSSR count). The van der Waals surface area contributed by atoms with Gasteiger partial charge in [-0.3, -0.25) is 0 Å². The van der Waals surface area contributed by atoms with Gasteiger partial charge in [0.1, 0.15) is 19.3 Å². The van der Waals surface area contributed by atoms with Crippen molar-refractivity contribution in [2.24, 2.45) is 7.05 Å². The maximum atomic E-state index is 12.7. The van der Waals surface area contributed by atoms with E-state index in [1.54, 1.807) is 10.8 Å². The third kappa shape index (κ3) is 0.914. The van der Waals surface area contributed by atoms with E-state index in [1.165, 1.54) is 12.3 Å². The van der Waals surface area contributed by atoms with Gasteiger partial charge in [-0.25, -0.2) is 9.37 Å². The zero-order chi connectivity index (χ0) is 8.72. The second-order valence-corrected chi connectivity index (χ2v) is 2.72. The highest BCUT2D eigenvalue weighted by molar-refractivity contribution is 6.38. The molecule has 0 aliphatic heterocycles. The van der Waals surface area contributed by atoms with Crippen molar-refractivity contribution in [3.8, 4) is 0 Å². The fraction of sp³-hybridized carbons (Fsp3) is 0.125. The summed E-state index contributed by atoms with van der Waals surface area (Å²) in [5.41, 5.74) is 1.26. The van der Waals surface area contributed by atoms with Crippen LogP contribution >= 0.6 is 0 Å². The Bertz CT molecular complexity index is 436. The molecule has 0 bridgehead atoms. The van der Waals surface area contributed by atoms with Crippen LogP contribution in [0.2, 0.25) is 0 Å². The molecule has 0 fully saturated rings. The van der Waals surface area contributed by atoms with Gasteiger partial charge in [0.15, 0.2) is 0 Å². The number of nitrogens with zero attached hydrogens (tertiary/aromatic N) is 2. The predicted octanol–water partition coefficient (Wildman–Crippen LogP) is 0.506. The lowest BCUT2D eigenvalue weighted by Gasteiger charge is -1.93. The van der Waals surface area contributed by atoms with Crippen molar-refractivity contribution in [3.05, 3.63) is 24.3 Å². The molecule has 0 spiro atoms. The summed E-state index contributed by atoms with van der Waals surface area (Å²) >= 11 is 0. The van der Waals surface area contributed by atoms with Gasteiger partial charge < -0.3 is 4.57 Å². The van der Waals surface area contributed by atoms with Crippen LogP contribution in [0, 0.1) is 5.82 Å². The lowest BCUT2D eigenvalue weighted by atomic mass is 9.97. The molecule has 0 atom stereocenters. The molecule has 0 saturated carbocycles. The van der Waals surface area contributed by atoms with E-state index in [0.717, 1.165) is 0 Å². The Labute approximate surface area is 70.4 Å². The molecule has 2 aromatic heterocycles. The lowest BCUT2D eigenvalue weighted by Crippen LogP contribution is -1.98. The Kier molecular flexibility index (Phi) is 1.43. The van der Waals surface area contributed by atoms with Crippen LogP contribution in [0.5, 0.6) is 0 Å². The normalized spacial score (nSPS) is 10.8. The van der Waals surface area contributed by atoms with E-state index in [9.17, 15) is 4.39 Å². The maximum absolute atomic E-state index is 12.7. The van der Waals surface area contributed by atoms with Gasteiger partial charge in [-0.05, 0) is 12.3 Å². The first-order valence-corrected chi connectivity index (χ1v) is 3.54. The monoisotopic (exact) mass is 160 g/mol. The standard InChI is InChI=1S/C8H6BFN2/c1-12-4-7(9)6-2-5(10)3-11-8(6)12/h2-4H,1H3. The molecule has 12 heavy (non-hydrogen) atoms. The van der Waals surface area contributed by atoms with Gasteiger partial charge in [0, 0.05) is 12.4 Å². The Morgan fingerprint density at radius 3 is 3.08 bits per heavy atom. The minimum absolute atomic E-state index is 0.361. The molecular weight excluding hydrogens is 154 g/mol. The average molecular weight is 160 g/mol. The van der Waals surface area contributed by atoms with Crippen molar-refractivity contribution >= 4 is 24.3 Å². The third-order valence-corrected chi connectivity index (χ3v) is 1.81. The van der Waals surface area contributed by atoms with Crippen LogP contribution < -0.4 is 5.46 Å². The molecular formula is C8H6BFN2. The molecule has 0 saturated heterocycles. The van der Waals surface area contributed by atoms with Crippen molar-refractivity contribution in [3.63, 3.8) is 0 Å². The summed E-state index contributed by atoms with van der Waals surface area (Å²) in [5, 5.41) is 0.664. The van der Waals surface area contributed by atoms with Crippen molar-refractivity contribution in [2.75, 3.05) is 0 Å². The van der Waals surface area contributed by atoms with Crippen LogP contribution in [-0.4, -0.2) is 17.4 Å². The quantitative estimate of drug-likeness (QED) is 0.513. The molecule has 2 aromatic rings. The highest BCUT2D eigenvalue weighted by Gasteiger charge is 2.03. The number of hydrogen-bond acceptors (Lipinski definition) is 1. The van der Waals surface area contributed by atoms with Crippen LogP contribution in [-0.2, 0) is 7.05 Å². The van der Waals surface area contributed by atoms with Crippen molar-refractivity contribution < 1.29 is 4.39 Å². The molecule has 58 valence electrons. The number of aromatic nitrogens is 2. The Morgan fingerprint density at radius 2 is 2.33 bits per heavy atom. The van der Waals surface area contributed by atoms with Gasteiger partial charge in [-0.15, -0.1) is 0 Å². The van der Waals surface area contributed by atoms with E-state index in [1.807, 2.05) is 7.05 Å². The Balaban J connectivity index is 2.90. The predicted molar refractivity (Wildman–Crippen MR) is 46.1 cm³/mol. The van der Waals surface area contributed by atoms with Crippen LogP contribution in [0.15, 0.2) is 18.5 Å². The van der Waals surface area contributed by atoms with E-state index in [0.29, 0.717) is 16.5 Å². The number of pyridine rings is 1. The number of rotatable bonds is 0. The molecule has 0 aliphatic carbocycles. The van der Waals surface area contributed by atoms with E-state index >= 15 is 0 Å². The summed E-state index contributed by atoms with van der Waals surface area (Å²) in [5.74, 6) is -0.361. The molecule has 2 radical (unpaired) electrons. The zero-order valence-corrected chi connectivity index (χ0v) is 6.58. The number of aryl methyl sites for hydroxylation is 1. The van der Waals surface area contributed by atoms with Gasteiger partial charge >= 0.3 is 0 Å². The van der Waals surface area contributed by atoms with Gasteiger partial charge in [-0.1, -0.05) is 5.46 Å². The molecule has 4 heteroatoms. The van der Waals surface area contributed by atoms with Crippen LogP contribution in [0.4, 0.5) is 4.39 Å². The summed E-state index contributed by atoms with van der Waals surface area (Å²) in [4.78, 5) is 3.91. The smallest absolute Gasteiger partial charge is 0.142 e. The first-order chi connectivity index (χ1) is 5.68. The fourth-order valence-electron chi connectivity index (χ4n) is 1.26. The Morgan fingerprint density at radius 1 is 1.58 bits per heavy atom. The first kappa shape index (κ1) is 7.34. The van der Waals surface area contributed by atoms with Gasteiger partial charge in [0.2, 0.25) is 0 Å². The molecule has 0 amide bonds. The summed E-state index contributed by atoms with van der Waals surface area (Å²) in [6, 6.07) is 1.39. The molecule has 0 aromatic carbocycles. The van der Waals surface area contributed by atoms with Crippen LogP contribution in [0.3, 0.4) is 0 Å². The highest BCUT2D eigenvalue weighted by atomic mass is 19.1. The van der Waals surface area contributed by atoms with Crippen LogP contribution in [0.1, 0.15) is 0 Å². The summed E-state index contributed by atoms with van der Waals surface area (Å²) in [7, 11) is 7.44. The average Bonchev–Trinajstić information content (AvgIpc) is 2.28. The maximum Gasteiger partial charge on any atom is 0.142 e. The van der Waals surface area contributed by atoms with Gasteiger partial charge in [-0.2, -0.15) is 0 Å². The minimum atomic E-state index is -0.361. The number of hydrogen-bond donors (Lipinski definition) is 0. The summed E-state index contributed by atoms with van der Waals surface area (Å²) in [6.45, 7) is 0. The van der Waals surface area contributed by atoms with E-state index in [-0.39, 0.29) is 5.82 Å². The summed E-state index contributed by atoms with van der Waals surface area (Å²) in [6.07, 6.45) is 2.90. The first-order valence-electron chi connectivity index (χ1n) is 3.54. The zero-order valence-electron chi connectivity index (χ0n) is 6.58. The van der Waals surface area contributed by atoms with Gasteiger partial charge in [0.25, 0.3) is 0 Å². The van der Waals surface area contributed by atoms with E-state index in [4.69, 9.17) is 7.85 Å². The largest absolute Gasteiger partial charge is 0.336 e. The van der Waals surface area contributed by atoms with E-state index in [2.05, 4.69) is 4.98 Å². The SMILES string of the molecule is [B]c1cn(C)c2ncc(F)cc12. The molecule has 0 N–H and O–H groups in total. The van der Waals surface area contributed by atoms with E-state index < -0.39 is 0 Å². The fourth-order valence-corrected chi connectivity index (χ4v) is 1.26. The second-order valence-electron chi connectivity index (χ2n) is 2.72. The summed E-state index contributed by atoms with van der Waals surface area (Å²) < 4.78 is 14.5. The lowest BCUT2D eigenvalue weighted by molar-refractivity contribution is 0.624. The van der Waals surface area contributed by atoms with Crippen molar-refractivity contribution in [1.82, 2.24) is 9.55 Å². The molecule has 2 heterocycles. The van der Waals surface area contributed by atoms with Crippen molar-refractivity contribution in [1.29, 1.82) is 0 Å². The van der Waals surface area contributed by atoms with Crippen LogP contribution in [0.25, 0.3) is 11.0 Å². The topological polar surface area (TPSA) is 17.8 Å². The third-order valence-electron chi connectivity index (χ3n) is 1.81. The highest BCUT2D eigenvalue weighted by Crippen LogP contribution is 2.09. The van der Waals surface area contributed by atoms with Gasteiger partial charge in [0.05, 0.1) is 6.20 Å². The molecule has 0 aliphatic rings. The second kappa shape index (κ2) is 2.34. The molecule has 2 nitrogen and oxygen atoms in total. The minimum Gasteiger partial charge on any atom is -0.336 e. The Hall–Kier alpha value is -1.32. The van der Waals surface area contributed by atoms with Crippen molar-refractivity contribution in [2.45, 2.75) is 0 Å². The number of halogens is 1. The number of fused-ring (bicyclic) bond motifs is 1.